The van der Waals surface area contributed by atoms with E-state index in [0.717, 1.165) is 14.1 Å². The van der Waals surface area contributed by atoms with Crippen molar-refractivity contribution in [1.82, 2.24) is 5.32 Å². The van der Waals surface area contributed by atoms with Crippen LogP contribution in [-0.2, 0) is 9.53 Å². The zero-order chi connectivity index (χ0) is 15.5. The van der Waals surface area contributed by atoms with Crippen LogP contribution in [0.4, 0.5) is 0 Å². The van der Waals surface area contributed by atoms with E-state index in [1.54, 1.807) is 11.3 Å². The van der Waals surface area contributed by atoms with Crippen LogP contribution in [0.5, 0.6) is 0 Å². The highest BCUT2D eigenvalue weighted by molar-refractivity contribution is 7.16. The summed E-state index contributed by atoms with van der Waals surface area (Å²) < 4.78 is 6.07. The van der Waals surface area contributed by atoms with Gasteiger partial charge in [0.05, 0.1) is 16.9 Å². The summed E-state index contributed by atoms with van der Waals surface area (Å²) in [4.78, 5) is 14.1. The van der Waals surface area contributed by atoms with Crippen LogP contribution in [0.2, 0.25) is 4.34 Å². The maximum absolute atomic E-state index is 11.9. The molecule has 3 nitrogen and oxygen atoms in total. The van der Waals surface area contributed by atoms with Crippen LogP contribution >= 0.6 is 34.3 Å². The zero-order valence-electron chi connectivity index (χ0n) is 12.2. The number of halogens is 1. The fourth-order valence-electron chi connectivity index (χ4n) is 1.84. The molecule has 2 aromatic rings. The molecular formula is C15H18ClNO2S2. The van der Waals surface area contributed by atoms with Gasteiger partial charge in [-0.15, -0.1) is 22.7 Å². The Morgan fingerprint density at radius 3 is 2.62 bits per heavy atom. The lowest BCUT2D eigenvalue weighted by Crippen LogP contribution is -2.33. The van der Waals surface area contributed by atoms with Crippen molar-refractivity contribution in [3.8, 4) is 0 Å². The van der Waals surface area contributed by atoms with Crippen molar-refractivity contribution < 1.29 is 9.53 Å². The number of carbonyl (C=O) groups is 1. The van der Waals surface area contributed by atoms with Crippen LogP contribution in [-0.4, -0.2) is 18.1 Å². The minimum Gasteiger partial charge on any atom is -0.459 e. The number of rotatable bonds is 5. The average Bonchev–Trinajstić information content (AvgIpc) is 2.99. The molecule has 1 unspecified atom stereocenters. The first-order valence-electron chi connectivity index (χ1n) is 6.59. The summed E-state index contributed by atoms with van der Waals surface area (Å²) in [5.41, 5.74) is -0.469. The molecule has 0 saturated heterocycles. The Bertz CT molecular complexity index is 587. The van der Waals surface area contributed by atoms with Crippen LogP contribution in [0.15, 0.2) is 29.6 Å². The lowest BCUT2D eigenvalue weighted by atomic mass is 10.2. The van der Waals surface area contributed by atoms with E-state index in [1.165, 1.54) is 11.3 Å². The van der Waals surface area contributed by atoms with Gasteiger partial charge in [0.15, 0.2) is 0 Å². The molecule has 2 heterocycles. The van der Waals surface area contributed by atoms with Gasteiger partial charge >= 0.3 is 5.97 Å². The Labute approximate surface area is 137 Å². The standard InChI is InChI=1S/C15H18ClNO2S2/c1-15(2,3)19-13(18)9-17-14(10-5-4-8-20-10)11-6-7-12(16)21-11/h4-8,14,17H,9H2,1-3H3. The van der Waals surface area contributed by atoms with Crippen molar-refractivity contribution >= 4 is 40.2 Å². The second kappa shape index (κ2) is 6.92. The van der Waals surface area contributed by atoms with E-state index in [9.17, 15) is 4.79 Å². The van der Waals surface area contributed by atoms with Crippen LogP contribution in [0.1, 0.15) is 36.6 Å². The predicted octanol–water partition coefficient (Wildman–Crippen LogP) is 4.48. The lowest BCUT2D eigenvalue weighted by Gasteiger charge is -2.21. The van der Waals surface area contributed by atoms with Crippen LogP contribution in [0, 0.1) is 0 Å². The summed E-state index contributed by atoms with van der Waals surface area (Å²) in [7, 11) is 0. The van der Waals surface area contributed by atoms with Crippen LogP contribution in [0.3, 0.4) is 0 Å². The van der Waals surface area contributed by atoms with Gasteiger partial charge in [0.25, 0.3) is 0 Å². The summed E-state index contributed by atoms with van der Waals surface area (Å²) in [5, 5.41) is 5.28. The van der Waals surface area contributed by atoms with E-state index >= 15 is 0 Å². The Morgan fingerprint density at radius 2 is 2.10 bits per heavy atom. The maximum atomic E-state index is 11.9. The number of ether oxygens (including phenoxy) is 1. The van der Waals surface area contributed by atoms with Gasteiger partial charge in [-0.2, -0.15) is 0 Å². The molecule has 0 aliphatic carbocycles. The second-order valence-corrected chi connectivity index (χ2v) is 8.28. The highest BCUT2D eigenvalue weighted by Crippen LogP contribution is 2.32. The lowest BCUT2D eigenvalue weighted by molar-refractivity contribution is -0.153. The molecule has 0 saturated carbocycles. The van der Waals surface area contributed by atoms with Crippen molar-refractivity contribution in [3.05, 3.63) is 43.7 Å². The molecule has 114 valence electrons. The monoisotopic (exact) mass is 343 g/mol. The molecule has 0 radical (unpaired) electrons. The van der Waals surface area contributed by atoms with E-state index in [-0.39, 0.29) is 18.6 Å². The van der Waals surface area contributed by atoms with Gasteiger partial charge in [0.1, 0.15) is 5.60 Å². The molecule has 0 aliphatic heterocycles. The van der Waals surface area contributed by atoms with Gasteiger partial charge in [0.2, 0.25) is 0 Å². The molecule has 0 spiro atoms. The van der Waals surface area contributed by atoms with E-state index in [2.05, 4.69) is 5.32 Å². The first-order valence-corrected chi connectivity index (χ1v) is 8.66. The maximum Gasteiger partial charge on any atom is 0.320 e. The molecule has 0 fully saturated rings. The van der Waals surface area contributed by atoms with Gasteiger partial charge < -0.3 is 4.74 Å². The molecule has 1 N–H and O–H groups in total. The molecule has 0 aromatic carbocycles. The SMILES string of the molecule is CC(C)(C)OC(=O)CNC(c1cccs1)c1ccc(Cl)s1. The Kier molecular flexibility index (Phi) is 5.43. The molecule has 0 amide bonds. The van der Waals surface area contributed by atoms with Gasteiger partial charge in [-0.05, 0) is 44.4 Å². The molecule has 0 bridgehead atoms. The van der Waals surface area contributed by atoms with Gasteiger partial charge in [-0.1, -0.05) is 17.7 Å². The molecule has 6 heteroatoms. The summed E-state index contributed by atoms with van der Waals surface area (Å²) in [5.74, 6) is -0.258. The smallest absolute Gasteiger partial charge is 0.320 e. The third kappa shape index (κ3) is 5.11. The Balaban J connectivity index is 2.06. The van der Waals surface area contributed by atoms with Crippen molar-refractivity contribution in [2.45, 2.75) is 32.4 Å². The first-order chi connectivity index (χ1) is 9.85. The van der Waals surface area contributed by atoms with Crippen LogP contribution in [0.25, 0.3) is 0 Å². The quantitative estimate of drug-likeness (QED) is 0.813. The second-order valence-electron chi connectivity index (χ2n) is 5.56. The van der Waals surface area contributed by atoms with Crippen molar-refractivity contribution in [3.63, 3.8) is 0 Å². The average molecular weight is 344 g/mol. The van der Waals surface area contributed by atoms with Crippen molar-refractivity contribution in [2.75, 3.05) is 6.54 Å². The third-order valence-corrected chi connectivity index (χ3v) is 4.81. The number of thiophene rings is 2. The largest absolute Gasteiger partial charge is 0.459 e. The molecular weight excluding hydrogens is 326 g/mol. The topological polar surface area (TPSA) is 38.3 Å². The molecule has 2 aromatic heterocycles. The number of esters is 1. The molecule has 2 rings (SSSR count). The first kappa shape index (κ1) is 16.5. The number of nitrogens with one attached hydrogen (secondary N) is 1. The van der Waals surface area contributed by atoms with E-state index in [4.69, 9.17) is 16.3 Å². The predicted molar refractivity (Wildman–Crippen MR) is 89.3 cm³/mol. The highest BCUT2D eigenvalue weighted by Gasteiger charge is 2.21. The van der Waals surface area contributed by atoms with Crippen molar-refractivity contribution in [2.24, 2.45) is 0 Å². The van der Waals surface area contributed by atoms with E-state index < -0.39 is 5.60 Å². The van der Waals surface area contributed by atoms with E-state index in [1.807, 2.05) is 50.4 Å². The van der Waals surface area contributed by atoms with Crippen LogP contribution < -0.4 is 5.32 Å². The molecule has 1 atom stereocenters. The highest BCUT2D eigenvalue weighted by atomic mass is 35.5. The molecule has 21 heavy (non-hydrogen) atoms. The summed E-state index contributed by atoms with van der Waals surface area (Å²) in [6, 6.07) is 7.87. The fraction of sp³-hybridized carbons (Fsp3) is 0.400. The Morgan fingerprint density at radius 1 is 1.33 bits per heavy atom. The van der Waals surface area contributed by atoms with Gasteiger partial charge in [-0.25, -0.2) is 0 Å². The van der Waals surface area contributed by atoms with Gasteiger partial charge in [-0.3, -0.25) is 10.1 Å². The van der Waals surface area contributed by atoms with Crippen molar-refractivity contribution in [1.29, 1.82) is 0 Å². The van der Waals surface area contributed by atoms with E-state index in [0.29, 0.717) is 0 Å². The minimum atomic E-state index is -0.469. The summed E-state index contributed by atoms with van der Waals surface area (Å²) in [6.07, 6.45) is 0. The Hall–Kier alpha value is -0.880. The number of hydrogen-bond donors (Lipinski definition) is 1. The van der Waals surface area contributed by atoms with Gasteiger partial charge in [0, 0.05) is 9.75 Å². The fourth-order valence-corrected chi connectivity index (χ4v) is 3.89. The number of carbonyl (C=O) groups excluding carboxylic acids is 1. The number of hydrogen-bond acceptors (Lipinski definition) is 5. The third-order valence-electron chi connectivity index (χ3n) is 2.58. The minimum absolute atomic E-state index is 0.0324. The zero-order valence-corrected chi connectivity index (χ0v) is 14.6. The molecule has 0 aliphatic rings. The summed E-state index contributed by atoms with van der Waals surface area (Å²) >= 11 is 9.18. The normalized spacial score (nSPS) is 13.1. The summed E-state index contributed by atoms with van der Waals surface area (Å²) in [6.45, 7) is 5.75.